The second-order valence-electron chi connectivity index (χ2n) is 3.72. The smallest absolute Gasteiger partial charge is 0.497 e. The van der Waals surface area contributed by atoms with Crippen molar-refractivity contribution in [2.75, 3.05) is 7.11 Å². The van der Waals surface area contributed by atoms with E-state index in [-0.39, 0.29) is 0 Å². The summed E-state index contributed by atoms with van der Waals surface area (Å²) >= 11 is 0. The lowest BCUT2D eigenvalue weighted by Crippen LogP contribution is -2.40. The normalized spacial score (nSPS) is 10.5. The zero-order valence-corrected chi connectivity index (χ0v) is 11.0. The average Bonchev–Trinajstić information content (AvgIpc) is 2.38. The molecule has 1 radical (unpaired) electrons. The van der Waals surface area contributed by atoms with E-state index in [0.29, 0.717) is 0 Å². The fourth-order valence-electron chi connectivity index (χ4n) is 1.60. The van der Waals surface area contributed by atoms with Crippen molar-refractivity contribution in [3.05, 3.63) is 60.2 Å². The lowest BCUT2D eigenvalue weighted by atomic mass is 10.2. The van der Waals surface area contributed by atoms with E-state index >= 15 is 0 Å². The second-order valence-corrected chi connectivity index (χ2v) is 5.45. The van der Waals surface area contributed by atoms with Crippen molar-refractivity contribution in [3.8, 4) is 5.75 Å². The average molecular weight is 243 g/mol. The van der Waals surface area contributed by atoms with Gasteiger partial charge in [-0.25, -0.2) is 0 Å². The molecule has 0 bridgehead atoms. The quantitative estimate of drug-likeness (QED) is 0.768. The molecule has 87 valence electrons. The summed E-state index contributed by atoms with van der Waals surface area (Å²) in [7, 11) is 0.254. The highest BCUT2D eigenvalue weighted by Crippen LogP contribution is 2.10. The molecule has 0 fully saturated rings. The summed E-state index contributed by atoms with van der Waals surface area (Å²) in [6.45, 7) is 2.08. The van der Waals surface area contributed by atoms with E-state index in [1.54, 1.807) is 7.11 Å². The molecule has 0 aliphatic rings. The Kier molecular flexibility index (Phi) is 3.96. The Labute approximate surface area is 104 Å². The Hall–Kier alpha value is -1.58. The Morgan fingerprint density at radius 2 is 1.53 bits per heavy atom. The molecule has 0 unspecified atom stereocenters. The molecule has 0 aliphatic heterocycles. The van der Waals surface area contributed by atoms with E-state index in [2.05, 4.69) is 19.1 Å². The largest absolute Gasteiger partial charge is 0.516 e. The molecule has 0 heterocycles. The summed E-state index contributed by atoms with van der Waals surface area (Å²) in [5.41, 5.74) is 1.21. The zero-order valence-electron chi connectivity index (χ0n) is 10.0. The molecule has 0 atom stereocenters. The van der Waals surface area contributed by atoms with Gasteiger partial charge in [0.2, 0.25) is 0 Å². The first kappa shape index (κ1) is 11.9. The van der Waals surface area contributed by atoms with E-state index < -0.39 is 9.28 Å². The molecular weight excluding hydrogens is 228 g/mol. The standard InChI is InChI=1S/C14H15O2Si/c1-12-8-6-7-11-14(12)17(15-2)16-13-9-4-3-5-10-13/h3-11H,1-2H3. The first-order valence-electron chi connectivity index (χ1n) is 5.51. The van der Waals surface area contributed by atoms with Crippen LogP contribution in [0.2, 0.25) is 0 Å². The topological polar surface area (TPSA) is 18.5 Å². The molecule has 0 saturated heterocycles. The Morgan fingerprint density at radius 3 is 2.18 bits per heavy atom. The van der Waals surface area contributed by atoms with Crippen LogP contribution >= 0.6 is 0 Å². The Morgan fingerprint density at radius 1 is 0.882 bits per heavy atom. The van der Waals surface area contributed by atoms with Gasteiger partial charge in [0.05, 0.1) is 0 Å². The van der Waals surface area contributed by atoms with Gasteiger partial charge < -0.3 is 8.85 Å². The maximum Gasteiger partial charge on any atom is 0.497 e. The van der Waals surface area contributed by atoms with Crippen LogP contribution in [0, 0.1) is 6.92 Å². The van der Waals surface area contributed by atoms with E-state index in [4.69, 9.17) is 8.85 Å². The SMILES string of the molecule is CO[Si](Oc1ccccc1)c1ccccc1C. The molecule has 0 saturated carbocycles. The summed E-state index contributed by atoms with van der Waals surface area (Å²) in [6.07, 6.45) is 0. The number of benzene rings is 2. The highest BCUT2D eigenvalue weighted by Gasteiger charge is 2.21. The lowest BCUT2D eigenvalue weighted by Gasteiger charge is -2.15. The minimum Gasteiger partial charge on any atom is -0.516 e. The molecule has 0 N–H and O–H groups in total. The monoisotopic (exact) mass is 243 g/mol. The minimum atomic E-state index is -1.44. The summed E-state index contributed by atoms with van der Waals surface area (Å²) in [5.74, 6) is 0.853. The van der Waals surface area contributed by atoms with Crippen molar-refractivity contribution in [1.82, 2.24) is 0 Å². The third-order valence-corrected chi connectivity index (χ3v) is 4.30. The van der Waals surface area contributed by atoms with Gasteiger partial charge in [0, 0.05) is 12.3 Å². The molecule has 0 aromatic heterocycles. The van der Waals surface area contributed by atoms with E-state index in [1.807, 2.05) is 42.5 Å². The summed E-state index contributed by atoms with van der Waals surface area (Å²) in [5, 5.41) is 1.16. The molecule has 17 heavy (non-hydrogen) atoms. The van der Waals surface area contributed by atoms with Crippen molar-refractivity contribution in [2.24, 2.45) is 0 Å². The maximum absolute atomic E-state index is 5.91. The molecule has 2 aromatic carbocycles. The number of hydrogen-bond acceptors (Lipinski definition) is 2. The van der Waals surface area contributed by atoms with Crippen molar-refractivity contribution in [2.45, 2.75) is 6.92 Å². The van der Waals surface area contributed by atoms with Crippen LogP contribution in [0.1, 0.15) is 5.56 Å². The van der Waals surface area contributed by atoms with Crippen LogP contribution in [0.5, 0.6) is 5.75 Å². The lowest BCUT2D eigenvalue weighted by molar-refractivity contribution is 0.348. The van der Waals surface area contributed by atoms with Gasteiger partial charge in [0.15, 0.2) is 0 Å². The number of rotatable bonds is 4. The fourth-order valence-corrected chi connectivity index (χ4v) is 3.01. The van der Waals surface area contributed by atoms with Crippen molar-refractivity contribution in [3.63, 3.8) is 0 Å². The van der Waals surface area contributed by atoms with Crippen LogP contribution in [0.3, 0.4) is 0 Å². The van der Waals surface area contributed by atoms with Crippen LogP contribution < -0.4 is 9.61 Å². The zero-order chi connectivity index (χ0) is 12.1. The second kappa shape index (κ2) is 5.66. The third kappa shape index (κ3) is 2.96. The Bertz CT molecular complexity index is 471. The van der Waals surface area contributed by atoms with Gasteiger partial charge in [-0.05, 0) is 24.6 Å². The number of aryl methyl sites for hydroxylation is 1. The fraction of sp³-hybridized carbons (Fsp3) is 0.143. The maximum atomic E-state index is 5.91. The number of hydrogen-bond donors (Lipinski definition) is 0. The van der Waals surface area contributed by atoms with Crippen LogP contribution in [-0.4, -0.2) is 16.4 Å². The van der Waals surface area contributed by atoms with E-state index in [1.165, 1.54) is 5.56 Å². The molecule has 2 nitrogen and oxygen atoms in total. The van der Waals surface area contributed by atoms with Gasteiger partial charge in [0.25, 0.3) is 0 Å². The molecule has 0 amide bonds. The van der Waals surface area contributed by atoms with Gasteiger partial charge in [-0.2, -0.15) is 0 Å². The van der Waals surface area contributed by atoms with Crippen LogP contribution in [0.4, 0.5) is 0 Å². The van der Waals surface area contributed by atoms with Crippen molar-refractivity contribution in [1.29, 1.82) is 0 Å². The molecular formula is C14H15O2Si. The predicted octanol–water partition coefficient (Wildman–Crippen LogP) is 2.42. The third-order valence-electron chi connectivity index (χ3n) is 2.50. The number of para-hydroxylation sites is 1. The van der Waals surface area contributed by atoms with Crippen molar-refractivity contribution < 1.29 is 8.85 Å². The molecule has 0 aliphatic carbocycles. The highest BCUT2D eigenvalue weighted by molar-refractivity contribution is 6.62. The first-order valence-corrected chi connectivity index (χ1v) is 6.83. The molecule has 2 aromatic rings. The van der Waals surface area contributed by atoms with Gasteiger partial charge in [0.1, 0.15) is 5.75 Å². The first-order chi connectivity index (χ1) is 8.31. The van der Waals surface area contributed by atoms with E-state index in [9.17, 15) is 0 Å². The molecule has 2 rings (SSSR count). The Balaban J connectivity index is 2.21. The highest BCUT2D eigenvalue weighted by atomic mass is 28.3. The predicted molar refractivity (Wildman–Crippen MR) is 70.6 cm³/mol. The van der Waals surface area contributed by atoms with Crippen molar-refractivity contribution >= 4 is 14.5 Å². The van der Waals surface area contributed by atoms with Gasteiger partial charge in [-0.15, -0.1) is 0 Å². The molecule has 3 heteroatoms. The molecule has 0 spiro atoms. The summed E-state index contributed by atoms with van der Waals surface area (Å²) in [4.78, 5) is 0. The van der Waals surface area contributed by atoms with Crippen LogP contribution in [-0.2, 0) is 4.43 Å². The van der Waals surface area contributed by atoms with Gasteiger partial charge in [-0.1, -0.05) is 42.5 Å². The van der Waals surface area contributed by atoms with Gasteiger partial charge >= 0.3 is 9.28 Å². The van der Waals surface area contributed by atoms with Gasteiger partial charge in [-0.3, -0.25) is 0 Å². The van der Waals surface area contributed by atoms with Crippen LogP contribution in [0.25, 0.3) is 0 Å². The minimum absolute atomic E-state index is 0.853. The van der Waals surface area contributed by atoms with E-state index in [0.717, 1.165) is 10.9 Å². The van der Waals surface area contributed by atoms with Crippen LogP contribution in [0.15, 0.2) is 54.6 Å². The summed E-state index contributed by atoms with van der Waals surface area (Å²) < 4.78 is 11.4. The summed E-state index contributed by atoms with van der Waals surface area (Å²) in [6, 6.07) is 18.0.